The van der Waals surface area contributed by atoms with Gasteiger partial charge in [0.2, 0.25) is 0 Å². The smallest absolute Gasteiger partial charge is 0.269 e. The molecule has 6 nitrogen and oxygen atoms in total. The van der Waals surface area contributed by atoms with E-state index < -0.39 is 0 Å². The van der Waals surface area contributed by atoms with Crippen LogP contribution in [0.2, 0.25) is 0 Å². The molecule has 0 spiro atoms. The van der Waals surface area contributed by atoms with Crippen LogP contribution in [0.25, 0.3) is 0 Å². The predicted molar refractivity (Wildman–Crippen MR) is 77.8 cm³/mol. The average Bonchev–Trinajstić information content (AvgIpc) is 2.51. The SMILES string of the molecule is CN1CCOC(CNC(=O)c2ccc(C#CCO)cn2)C1. The van der Waals surface area contributed by atoms with E-state index in [0.29, 0.717) is 24.4 Å². The van der Waals surface area contributed by atoms with Gasteiger partial charge in [0, 0.05) is 31.4 Å². The molecule has 21 heavy (non-hydrogen) atoms. The fourth-order valence-electron chi connectivity index (χ4n) is 2.03. The summed E-state index contributed by atoms with van der Waals surface area (Å²) in [5.74, 6) is 5.03. The molecule has 112 valence electrons. The molecule has 0 aliphatic carbocycles. The van der Waals surface area contributed by atoms with Crippen LogP contribution in [-0.2, 0) is 4.74 Å². The second-order valence-electron chi connectivity index (χ2n) is 4.86. The third kappa shape index (κ3) is 4.83. The molecule has 2 heterocycles. The Bertz CT molecular complexity index is 533. The van der Waals surface area contributed by atoms with Crippen molar-refractivity contribution in [1.29, 1.82) is 0 Å². The third-order valence-electron chi connectivity index (χ3n) is 3.14. The third-order valence-corrected chi connectivity index (χ3v) is 3.14. The van der Waals surface area contributed by atoms with Crippen molar-refractivity contribution >= 4 is 5.91 Å². The molecule has 0 saturated carbocycles. The maximum absolute atomic E-state index is 12.0. The number of hydrogen-bond donors (Lipinski definition) is 2. The number of nitrogens with one attached hydrogen (secondary N) is 1. The molecule has 6 heteroatoms. The number of rotatable bonds is 3. The van der Waals surface area contributed by atoms with Crippen molar-refractivity contribution in [2.45, 2.75) is 6.10 Å². The highest BCUT2D eigenvalue weighted by Crippen LogP contribution is 2.03. The van der Waals surface area contributed by atoms with Crippen molar-refractivity contribution in [1.82, 2.24) is 15.2 Å². The number of aliphatic hydroxyl groups is 1. The molecule has 0 bridgehead atoms. The Labute approximate surface area is 124 Å². The molecular weight excluding hydrogens is 270 g/mol. The van der Waals surface area contributed by atoms with Gasteiger partial charge in [0.05, 0.1) is 12.7 Å². The van der Waals surface area contributed by atoms with Crippen molar-refractivity contribution < 1.29 is 14.6 Å². The van der Waals surface area contributed by atoms with Gasteiger partial charge in [0.1, 0.15) is 12.3 Å². The summed E-state index contributed by atoms with van der Waals surface area (Å²) in [4.78, 5) is 18.2. The summed E-state index contributed by atoms with van der Waals surface area (Å²) in [5, 5.41) is 11.4. The molecule has 1 aromatic heterocycles. The molecule has 1 atom stereocenters. The molecule has 1 aliphatic heterocycles. The highest BCUT2D eigenvalue weighted by Gasteiger charge is 2.18. The number of pyridine rings is 1. The standard InChI is InChI=1S/C15H19N3O3/c1-18-6-8-21-13(11-18)10-17-15(20)14-5-4-12(9-16-14)3-2-7-19/h4-5,9,13,19H,6-8,10-11H2,1H3,(H,17,20). The molecule has 1 aromatic rings. The van der Waals surface area contributed by atoms with Crippen LogP contribution in [-0.4, -0.2) is 66.9 Å². The van der Waals surface area contributed by atoms with Gasteiger partial charge in [-0.2, -0.15) is 0 Å². The van der Waals surface area contributed by atoms with E-state index in [2.05, 4.69) is 27.0 Å². The molecule has 2 N–H and O–H groups in total. The molecule has 1 aliphatic rings. The van der Waals surface area contributed by atoms with Crippen molar-refractivity contribution in [2.75, 3.05) is 39.9 Å². The Morgan fingerprint density at radius 3 is 3.14 bits per heavy atom. The zero-order valence-electron chi connectivity index (χ0n) is 12.0. The number of aliphatic hydroxyl groups excluding tert-OH is 1. The molecule has 0 radical (unpaired) electrons. The number of aromatic nitrogens is 1. The number of amides is 1. The van der Waals surface area contributed by atoms with Gasteiger partial charge >= 0.3 is 0 Å². The lowest BCUT2D eigenvalue weighted by molar-refractivity contribution is -0.0175. The van der Waals surface area contributed by atoms with Crippen LogP contribution >= 0.6 is 0 Å². The minimum Gasteiger partial charge on any atom is -0.384 e. The lowest BCUT2D eigenvalue weighted by atomic mass is 10.2. The minimum atomic E-state index is -0.228. The van der Waals surface area contributed by atoms with Gasteiger partial charge < -0.3 is 20.1 Å². The number of nitrogens with zero attached hydrogens (tertiary/aromatic N) is 2. The van der Waals surface area contributed by atoms with Crippen molar-refractivity contribution in [3.63, 3.8) is 0 Å². The van der Waals surface area contributed by atoms with Gasteiger partial charge in [-0.1, -0.05) is 11.8 Å². The number of ether oxygens (including phenoxy) is 1. The van der Waals surface area contributed by atoms with Gasteiger partial charge in [0.15, 0.2) is 0 Å². The summed E-state index contributed by atoms with van der Waals surface area (Å²) < 4.78 is 5.58. The fraction of sp³-hybridized carbons (Fsp3) is 0.467. The second kappa shape index (κ2) is 7.74. The molecule has 1 fully saturated rings. The van der Waals surface area contributed by atoms with E-state index in [0.717, 1.165) is 13.1 Å². The Morgan fingerprint density at radius 1 is 1.62 bits per heavy atom. The van der Waals surface area contributed by atoms with Crippen LogP contribution in [0.1, 0.15) is 16.1 Å². The lowest BCUT2D eigenvalue weighted by Gasteiger charge is -2.30. The first kappa shape index (κ1) is 15.4. The predicted octanol–water partition coefficient (Wildman–Crippen LogP) is -0.514. The van der Waals surface area contributed by atoms with Crippen LogP contribution in [0.15, 0.2) is 18.3 Å². The highest BCUT2D eigenvalue weighted by molar-refractivity contribution is 5.92. The van der Waals surface area contributed by atoms with Crippen molar-refractivity contribution in [3.8, 4) is 11.8 Å². The maximum Gasteiger partial charge on any atom is 0.269 e. The van der Waals surface area contributed by atoms with Gasteiger partial charge in [-0.25, -0.2) is 4.98 Å². The van der Waals surface area contributed by atoms with Crippen LogP contribution in [0, 0.1) is 11.8 Å². The Kier molecular flexibility index (Phi) is 5.69. The lowest BCUT2D eigenvalue weighted by Crippen LogP contribution is -2.46. The van der Waals surface area contributed by atoms with E-state index in [1.165, 1.54) is 6.20 Å². The number of carbonyl (C=O) groups excluding carboxylic acids is 1. The second-order valence-corrected chi connectivity index (χ2v) is 4.86. The molecule has 0 aromatic carbocycles. The number of carbonyl (C=O) groups is 1. The first-order valence-electron chi connectivity index (χ1n) is 6.83. The largest absolute Gasteiger partial charge is 0.384 e. The number of hydrogen-bond acceptors (Lipinski definition) is 5. The van der Waals surface area contributed by atoms with E-state index in [-0.39, 0.29) is 18.6 Å². The van der Waals surface area contributed by atoms with Gasteiger partial charge in [0.25, 0.3) is 5.91 Å². The summed E-state index contributed by atoms with van der Waals surface area (Å²) >= 11 is 0. The van der Waals surface area contributed by atoms with E-state index in [1.54, 1.807) is 12.1 Å². The summed E-state index contributed by atoms with van der Waals surface area (Å²) in [6, 6.07) is 3.32. The van der Waals surface area contributed by atoms with Gasteiger partial charge in [-0.3, -0.25) is 4.79 Å². The zero-order chi connectivity index (χ0) is 15.1. The normalized spacial score (nSPS) is 18.7. The molecule has 1 saturated heterocycles. The molecule has 1 amide bonds. The number of likely N-dealkylation sites (N-methyl/N-ethyl adjacent to an activating group) is 1. The molecule has 2 rings (SSSR count). The maximum atomic E-state index is 12.0. The first-order valence-corrected chi connectivity index (χ1v) is 6.83. The van der Waals surface area contributed by atoms with E-state index in [1.807, 2.05) is 7.05 Å². The van der Waals surface area contributed by atoms with Gasteiger partial charge in [-0.15, -0.1) is 0 Å². The number of morpholine rings is 1. The summed E-state index contributed by atoms with van der Waals surface area (Å²) in [5.41, 5.74) is 1.01. The zero-order valence-corrected chi connectivity index (χ0v) is 12.0. The van der Waals surface area contributed by atoms with Crippen LogP contribution in [0.4, 0.5) is 0 Å². The topological polar surface area (TPSA) is 74.7 Å². The van der Waals surface area contributed by atoms with Crippen LogP contribution in [0.5, 0.6) is 0 Å². The minimum absolute atomic E-state index is 0.0161. The Balaban J connectivity index is 1.85. The van der Waals surface area contributed by atoms with E-state index >= 15 is 0 Å². The summed E-state index contributed by atoms with van der Waals surface area (Å²) in [6.07, 6.45) is 1.53. The summed E-state index contributed by atoms with van der Waals surface area (Å²) in [7, 11) is 2.03. The highest BCUT2D eigenvalue weighted by atomic mass is 16.5. The van der Waals surface area contributed by atoms with Crippen LogP contribution < -0.4 is 5.32 Å². The average molecular weight is 289 g/mol. The van der Waals surface area contributed by atoms with Crippen molar-refractivity contribution in [3.05, 3.63) is 29.6 Å². The Morgan fingerprint density at radius 2 is 2.48 bits per heavy atom. The quantitative estimate of drug-likeness (QED) is 0.733. The van der Waals surface area contributed by atoms with Crippen LogP contribution in [0.3, 0.4) is 0 Å². The van der Waals surface area contributed by atoms with Crippen molar-refractivity contribution in [2.24, 2.45) is 0 Å². The monoisotopic (exact) mass is 289 g/mol. The molecule has 1 unspecified atom stereocenters. The van der Waals surface area contributed by atoms with Gasteiger partial charge in [-0.05, 0) is 19.2 Å². The summed E-state index contributed by atoms with van der Waals surface area (Å²) in [6.45, 7) is 2.69. The molecular formula is C15H19N3O3. The van der Waals surface area contributed by atoms with E-state index in [9.17, 15) is 4.79 Å². The Hall–Kier alpha value is -1.94. The van der Waals surface area contributed by atoms with E-state index in [4.69, 9.17) is 9.84 Å². The first-order chi connectivity index (χ1) is 10.2. The fourth-order valence-corrected chi connectivity index (χ4v) is 2.03.